The van der Waals surface area contributed by atoms with Crippen LogP contribution < -0.4 is 11.1 Å². The maximum Gasteiger partial charge on any atom is 0.237 e. The average Bonchev–Trinajstić information content (AvgIpc) is 2.97. The number of carbonyl (C=O) groups is 1. The molecular formula is C15H18N2O4. The Kier molecular flexibility index (Phi) is 4.49. The van der Waals surface area contributed by atoms with E-state index in [9.17, 15) is 15.0 Å². The van der Waals surface area contributed by atoms with E-state index in [1.165, 1.54) is 18.4 Å². The highest BCUT2D eigenvalue weighted by atomic mass is 16.3. The molecular weight excluding hydrogens is 272 g/mol. The number of furan rings is 1. The van der Waals surface area contributed by atoms with Gasteiger partial charge >= 0.3 is 0 Å². The molecule has 5 N–H and O–H groups in total. The van der Waals surface area contributed by atoms with Crippen LogP contribution in [0.15, 0.2) is 41.0 Å². The summed E-state index contributed by atoms with van der Waals surface area (Å²) in [7, 11) is 0. The molecule has 6 heteroatoms. The minimum atomic E-state index is -0.758. The van der Waals surface area contributed by atoms with E-state index in [1.807, 2.05) is 0 Å². The summed E-state index contributed by atoms with van der Waals surface area (Å²) in [5, 5.41) is 21.4. The molecule has 0 saturated carbocycles. The highest BCUT2D eigenvalue weighted by Crippen LogP contribution is 2.25. The molecule has 0 spiro atoms. The number of rotatable bonds is 5. The smallest absolute Gasteiger partial charge is 0.237 e. The first-order valence-corrected chi connectivity index (χ1v) is 6.57. The number of nitrogens with two attached hydrogens (primary N) is 1. The van der Waals surface area contributed by atoms with E-state index in [0.717, 1.165) is 0 Å². The third-order valence-corrected chi connectivity index (χ3v) is 3.16. The topological polar surface area (TPSA) is 109 Å². The average molecular weight is 290 g/mol. The van der Waals surface area contributed by atoms with E-state index in [1.54, 1.807) is 25.1 Å². The van der Waals surface area contributed by atoms with Gasteiger partial charge in [0.25, 0.3) is 0 Å². The lowest BCUT2D eigenvalue weighted by Crippen LogP contribution is -2.42. The van der Waals surface area contributed by atoms with E-state index >= 15 is 0 Å². The van der Waals surface area contributed by atoms with E-state index in [4.69, 9.17) is 10.2 Å². The van der Waals surface area contributed by atoms with E-state index < -0.39 is 6.04 Å². The first-order chi connectivity index (χ1) is 9.97. The lowest BCUT2D eigenvalue weighted by molar-refractivity contribution is -0.123. The Labute approximate surface area is 122 Å². The van der Waals surface area contributed by atoms with Crippen molar-refractivity contribution >= 4 is 5.91 Å². The predicted molar refractivity (Wildman–Crippen MR) is 76.7 cm³/mol. The second kappa shape index (κ2) is 6.32. The molecule has 21 heavy (non-hydrogen) atoms. The summed E-state index contributed by atoms with van der Waals surface area (Å²) < 4.78 is 5.21. The van der Waals surface area contributed by atoms with Crippen LogP contribution in [-0.4, -0.2) is 22.2 Å². The lowest BCUT2D eigenvalue weighted by atomic mass is 10.0. The fourth-order valence-corrected chi connectivity index (χ4v) is 1.97. The van der Waals surface area contributed by atoms with Gasteiger partial charge in [-0.2, -0.15) is 0 Å². The van der Waals surface area contributed by atoms with Crippen molar-refractivity contribution in [3.63, 3.8) is 0 Å². The van der Waals surface area contributed by atoms with Crippen molar-refractivity contribution in [2.24, 2.45) is 5.73 Å². The van der Waals surface area contributed by atoms with Crippen LogP contribution in [-0.2, 0) is 11.2 Å². The van der Waals surface area contributed by atoms with Crippen molar-refractivity contribution in [3.05, 3.63) is 47.9 Å². The lowest BCUT2D eigenvalue weighted by Gasteiger charge is -2.16. The Bertz CT molecular complexity index is 610. The number of benzene rings is 1. The SMILES string of the molecule is C[C@@H](NC(=O)[C@@H](N)Cc1ccc(O)c(O)c1)c1ccco1. The van der Waals surface area contributed by atoms with Crippen LogP contribution in [0.25, 0.3) is 0 Å². The van der Waals surface area contributed by atoms with Gasteiger partial charge < -0.3 is 25.7 Å². The van der Waals surface area contributed by atoms with Gasteiger partial charge in [0.15, 0.2) is 11.5 Å². The van der Waals surface area contributed by atoms with Gasteiger partial charge in [-0.15, -0.1) is 0 Å². The van der Waals surface area contributed by atoms with Crippen LogP contribution in [0.4, 0.5) is 0 Å². The van der Waals surface area contributed by atoms with Crippen LogP contribution in [0.5, 0.6) is 11.5 Å². The monoisotopic (exact) mass is 290 g/mol. The Balaban J connectivity index is 1.94. The van der Waals surface area contributed by atoms with Crippen molar-refractivity contribution in [1.82, 2.24) is 5.32 Å². The zero-order chi connectivity index (χ0) is 15.4. The number of carbonyl (C=O) groups excluding carboxylic acids is 1. The zero-order valence-electron chi connectivity index (χ0n) is 11.6. The summed E-state index contributed by atoms with van der Waals surface area (Å²) >= 11 is 0. The molecule has 0 fully saturated rings. The van der Waals surface area contributed by atoms with E-state index in [0.29, 0.717) is 11.3 Å². The molecule has 1 aromatic heterocycles. The maximum absolute atomic E-state index is 12.0. The number of aromatic hydroxyl groups is 2. The molecule has 1 heterocycles. The standard InChI is InChI=1S/C15H18N2O4/c1-9(14-3-2-6-21-14)17-15(20)11(16)7-10-4-5-12(18)13(19)8-10/h2-6,8-9,11,18-19H,7,16H2,1H3,(H,17,20)/t9-,11+/m1/s1. The minimum Gasteiger partial charge on any atom is -0.504 e. The third-order valence-electron chi connectivity index (χ3n) is 3.16. The van der Waals surface area contributed by atoms with Gasteiger partial charge in [0.2, 0.25) is 5.91 Å². The van der Waals surface area contributed by atoms with Crippen molar-refractivity contribution in [1.29, 1.82) is 0 Å². The van der Waals surface area contributed by atoms with Crippen LogP contribution >= 0.6 is 0 Å². The van der Waals surface area contributed by atoms with Crippen LogP contribution in [0, 0.1) is 0 Å². The van der Waals surface area contributed by atoms with Crippen LogP contribution in [0.3, 0.4) is 0 Å². The van der Waals surface area contributed by atoms with Crippen LogP contribution in [0.1, 0.15) is 24.3 Å². The number of hydrogen-bond donors (Lipinski definition) is 4. The van der Waals surface area contributed by atoms with Gasteiger partial charge in [0.05, 0.1) is 18.3 Å². The second-order valence-corrected chi connectivity index (χ2v) is 4.88. The number of nitrogens with one attached hydrogen (secondary N) is 1. The van der Waals surface area contributed by atoms with E-state index in [2.05, 4.69) is 5.32 Å². The first-order valence-electron chi connectivity index (χ1n) is 6.57. The maximum atomic E-state index is 12.0. The van der Waals surface area contributed by atoms with Crippen molar-refractivity contribution in [2.75, 3.05) is 0 Å². The molecule has 0 radical (unpaired) electrons. The summed E-state index contributed by atoms with van der Waals surface area (Å²) in [4.78, 5) is 12.0. The van der Waals surface area contributed by atoms with E-state index in [-0.39, 0.29) is 29.9 Å². The number of hydrogen-bond acceptors (Lipinski definition) is 5. The molecule has 0 bridgehead atoms. The van der Waals surface area contributed by atoms with Crippen LogP contribution in [0.2, 0.25) is 0 Å². The zero-order valence-corrected chi connectivity index (χ0v) is 11.6. The Morgan fingerprint density at radius 2 is 2.10 bits per heavy atom. The second-order valence-electron chi connectivity index (χ2n) is 4.88. The molecule has 2 atom stereocenters. The molecule has 1 aromatic carbocycles. The summed E-state index contributed by atoms with van der Waals surface area (Å²) in [6, 6.07) is 6.85. The van der Waals surface area contributed by atoms with Gasteiger partial charge in [-0.05, 0) is 43.2 Å². The largest absolute Gasteiger partial charge is 0.504 e. The quantitative estimate of drug-likeness (QED) is 0.623. The molecule has 0 aliphatic rings. The summed E-state index contributed by atoms with van der Waals surface area (Å²) in [5.41, 5.74) is 6.52. The fraction of sp³-hybridized carbons (Fsp3) is 0.267. The van der Waals surface area contributed by atoms with Crippen molar-refractivity contribution < 1.29 is 19.4 Å². The molecule has 6 nitrogen and oxygen atoms in total. The minimum absolute atomic E-state index is 0.205. The molecule has 0 aliphatic heterocycles. The summed E-state index contributed by atoms with van der Waals surface area (Å²) in [6.45, 7) is 1.80. The Morgan fingerprint density at radius 3 is 2.71 bits per heavy atom. The van der Waals surface area contributed by atoms with Gasteiger partial charge in [0.1, 0.15) is 5.76 Å². The molecule has 1 amide bonds. The van der Waals surface area contributed by atoms with Gasteiger partial charge in [0, 0.05) is 0 Å². The molecule has 2 aromatic rings. The Hall–Kier alpha value is -2.47. The number of amides is 1. The molecule has 0 unspecified atom stereocenters. The molecule has 2 rings (SSSR count). The van der Waals surface area contributed by atoms with Crippen molar-refractivity contribution in [2.45, 2.75) is 25.4 Å². The highest BCUT2D eigenvalue weighted by molar-refractivity contribution is 5.82. The normalized spacial score (nSPS) is 13.6. The summed E-state index contributed by atoms with van der Waals surface area (Å²) in [6.07, 6.45) is 1.79. The van der Waals surface area contributed by atoms with Gasteiger partial charge in [-0.25, -0.2) is 0 Å². The number of phenolic OH excluding ortho intramolecular Hbond substituents is 2. The van der Waals surface area contributed by atoms with Gasteiger partial charge in [-0.1, -0.05) is 6.07 Å². The van der Waals surface area contributed by atoms with Crippen molar-refractivity contribution in [3.8, 4) is 11.5 Å². The summed E-state index contributed by atoms with van der Waals surface area (Å²) in [5.74, 6) is -0.100. The fourth-order valence-electron chi connectivity index (χ4n) is 1.97. The molecule has 0 aliphatic carbocycles. The number of phenols is 2. The highest BCUT2D eigenvalue weighted by Gasteiger charge is 2.18. The van der Waals surface area contributed by atoms with Gasteiger partial charge in [-0.3, -0.25) is 4.79 Å². The predicted octanol–water partition coefficient (Wildman–Crippen LogP) is 1.44. The Morgan fingerprint density at radius 1 is 1.33 bits per heavy atom. The third kappa shape index (κ3) is 3.76. The molecule has 112 valence electrons. The molecule has 0 saturated heterocycles. The first kappa shape index (κ1) is 14.9.